The van der Waals surface area contributed by atoms with Crippen molar-refractivity contribution in [2.75, 3.05) is 12.4 Å². The van der Waals surface area contributed by atoms with Crippen molar-refractivity contribution in [2.45, 2.75) is 19.8 Å². The van der Waals surface area contributed by atoms with Crippen LogP contribution in [-0.2, 0) is 6.42 Å². The predicted octanol–water partition coefficient (Wildman–Crippen LogP) is 3.50. The van der Waals surface area contributed by atoms with Gasteiger partial charge in [0.15, 0.2) is 0 Å². The molecular formula is C13H18OS. The van der Waals surface area contributed by atoms with E-state index in [4.69, 9.17) is 4.74 Å². The number of aryl methyl sites for hydroxylation is 1. The van der Waals surface area contributed by atoms with E-state index in [1.807, 2.05) is 12.1 Å². The molecule has 0 saturated carbocycles. The average molecular weight is 222 g/mol. The lowest BCUT2D eigenvalue weighted by Crippen LogP contribution is -2.01. The largest absolute Gasteiger partial charge is 0.489 e. The van der Waals surface area contributed by atoms with Gasteiger partial charge < -0.3 is 4.74 Å². The van der Waals surface area contributed by atoms with E-state index >= 15 is 0 Å². The maximum absolute atomic E-state index is 5.54. The van der Waals surface area contributed by atoms with Crippen LogP contribution in [-0.4, -0.2) is 12.4 Å². The second-order valence-electron chi connectivity index (χ2n) is 3.59. The highest BCUT2D eigenvalue weighted by molar-refractivity contribution is 7.80. The topological polar surface area (TPSA) is 9.23 Å². The number of thiol groups is 1. The number of benzene rings is 1. The summed E-state index contributed by atoms with van der Waals surface area (Å²) in [5.41, 5.74) is 2.36. The van der Waals surface area contributed by atoms with Crippen molar-refractivity contribution in [2.24, 2.45) is 0 Å². The van der Waals surface area contributed by atoms with Gasteiger partial charge in [-0.05, 0) is 29.7 Å². The Morgan fingerprint density at radius 1 is 1.33 bits per heavy atom. The first-order valence-electron chi connectivity index (χ1n) is 5.25. The molecule has 0 unspecified atom stereocenters. The van der Waals surface area contributed by atoms with Crippen molar-refractivity contribution in [3.05, 3.63) is 42.0 Å². The van der Waals surface area contributed by atoms with Gasteiger partial charge >= 0.3 is 0 Å². The highest BCUT2D eigenvalue weighted by atomic mass is 32.1. The number of ether oxygens (including phenoxy) is 1. The third-order valence-corrected chi connectivity index (χ3v) is 2.58. The fourth-order valence-electron chi connectivity index (χ4n) is 1.27. The Hall–Kier alpha value is -0.890. The Balaban J connectivity index is 2.45. The van der Waals surface area contributed by atoms with Crippen LogP contribution in [0.2, 0.25) is 0 Å². The normalized spacial score (nSPS) is 10.0. The lowest BCUT2D eigenvalue weighted by Gasteiger charge is -2.07. The molecule has 0 aliphatic heterocycles. The maximum Gasteiger partial charge on any atom is 0.119 e. The molecule has 0 atom stereocenters. The molecule has 0 N–H and O–H groups in total. The Morgan fingerprint density at radius 2 is 2.00 bits per heavy atom. The molecule has 1 aromatic rings. The fourth-order valence-corrected chi connectivity index (χ4v) is 1.36. The molecule has 2 heteroatoms. The molecule has 0 radical (unpaired) electrons. The summed E-state index contributed by atoms with van der Waals surface area (Å²) in [6, 6.07) is 8.25. The van der Waals surface area contributed by atoms with Gasteiger partial charge in [-0.2, -0.15) is 12.6 Å². The molecule has 1 rings (SSSR count). The van der Waals surface area contributed by atoms with Crippen molar-refractivity contribution in [3.63, 3.8) is 0 Å². The molecule has 1 aromatic carbocycles. The minimum Gasteiger partial charge on any atom is -0.489 e. The second-order valence-corrected chi connectivity index (χ2v) is 3.91. The summed E-state index contributed by atoms with van der Waals surface area (Å²) in [4.78, 5) is 0. The van der Waals surface area contributed by atoms with Crippen molar-refractivity contribution >= 4 is 12.6 Å². The minimum atomic E-state index is 0.552. The van der Waals surface area contributed by atoms with Crippen LogP contribution in [0.4, 0.5) is 0 Å². The molecule has 0 fully saturated rings. The molecule has 0 aromatic heterocycles. The van der Waals surface area contributed by atoms with Crippen molar-refractivity contribution in [1.82, 2.24) is 0 Å². The smallest absolute Gasteiger partial charge is 0.119 e. The van der Waals surface area contributed by atoms with Gasteiger partial charge in [0.25, 0.3) is 0 Å². The van der Waals surface area contributed by atoms with Crippen molar-refractivity contribution < 1.29 is 4.74 Å². The lowest BCUT2D eigenvalue weighted by molar-refractivity contribution is 0.353. The van der Waals surface area contributed by atoms with Gasteiger partial charge in [-0.15, -0.1) is 0 Å². The first-order chi connectivity index (χ1) is 7.26. The van der Waals surface area contributed by atoms with Gasteiger partial charge in [-0.25, -0.2) is 0 Å². The Labute approximate surface area is 97.6 Å². The highest BCUT2D eigenvalue weighted by Gasteiger charge is 1.96. The minimum absolute atomic E-state index is 0.552. The van der Waals surface area contributed by atoms with Gasteiger partial charge in [0.05, 0.1) is 0 Å². The standard InChI is InChI=1S/C13H18OS/c1-3-4-12-5-7-13(8-6-12)14-9-11(2)10-15/h5-8,15H,2-4,9-10H2,1H3. The van der Waals surface area contributed by atoms with Crippen molar-refractivity contribution in [3.8, 4) is 5.75 Å². The van der Waals surface area contributed by atoms with Crippen LogP contribution in [0.15, 0.2) is 36.4 Å². The third-order valence-electron chi connectivity index (χ3n) is 2.13. The summed E-state index contributed by atoms with van der Waals surface area (Å²) in [7, 11) is 0. The zero-order valence-corrected chi connectivity index (χ0v) is 10.1. The molecular weight excluding hydrogens is 204 g/mol. The summed E-state index contributed by atoms with van der Waals surface area (Å²) in [6.07, 6.45) is 2.31. The molecule has 0 heterocycles. The molecule has 15 heavy (non-hydrogen) atoms. The predicted molar refractivity (Wildman–Crippen MR) is 68.9 cm³/mol. The highest BCUT2D eigenvalue weighted by Crippen LogP contribution is 2.14. The quantitative estimate of drug-likeness (QED) is 0.572. The van der Waals surface area contributed by atoms with E-state index in [-0.39, 0.29) is 0 Å². The van der Waals surface area contributed by atoms with E-state index in [0.29, 0.717) is 12.4 Å². The monoisotopic (exact) mass is 222 g/mol. The lowest BCUT2D eigenvalue weighted by atomic mass is 10.1. The molecule has 0 aliphatic carbocycles. The van der Waals surface area contributed by atoms with Crippen LogP contribution < -0.4 is 4.74 Å². The van der Waals surface area contributed by atoms with Crippen LogP contribution in [0.5, 0.6) is 5.75 Å². The molecule has 0 bridgehead atoms. The summed E-state index contributed by atoms with van der Waals surface area (Å²) >= 11 is 4.13. The summed E-state index contributed by atoms with van der Waals surface area (Å²) in [5, 5.41) is 0. The van der Waals surface area contributed by atoms with E-state index in [0.717, 1.165) is 17.7 Å². The van der Waals surface area contributed by atoms with E-state index in [9.17, 15) is 0 Å². The molecule has 0 saturated heterocycles. The van der Waals surface area contributed by atoms with E-state index in [1.54, 1.807) is 0 Å². The third kappa shape index (κ3) is 4.43. The Morgan fingerprint density at radius 3 is 2.53 bits per heavy atom. The van der Waals surface area contributed by atoms with Gasteiger partial charge in [-0.1, -0.05) is 32.1 Å². The zero-order chi connectivity index (χ0) is 11.1. The van der Waals surface area contributed by atoms with E-state index < -0.39 is 0 Å². The average Bonchev–Trinajstić information content (AvgIpc) is 2.28. The SMILES string of the molecule is C=C(CS)COc1ccc(CCC)cc1. The summed E-state index contributed by atoms with van der Waals surface area (Å²) in [5.74, 6) is 1.58. The molecule has 0 spiro atoms. The van der Waals surface area contributed by atoms with Gasteiger partial charge in [0.2, 0.25) is 0 Å². The summed E-state index contributed by atoms with van der Waals surface area (Å²) in [6.45, 7) is 6.57. The Kier molecular flexibility index (Phi) is 5.33. The molecule has 0 amide bonds. The van der Waals surface area contributed by atoms with Gasteiger partial charge in [-0.3, -0.25) is 0 Å². The van der Waals surface area contributed by atoms with Crippen molar-refractivity contribution in [1.29, 1.82) is 0 Å². The molecule has 82 valence electrons. The molecule has 1 nitrogen and oxygen atoms in total. The van der Waals surface area contributed by atoms with Crippen LogP contribution >= 0.6 is 12.6 Å². The Bertz CT molecular complexity index is 303. The van der Waals surface area contributed by atoms with Crippen LogP contribution in [0.1, 0.15) is 18.9 Å². The number of hydrogen-bond acceptors (Lipinski definition) is 2. The first-order valence-corrected chi connectivity index (χ1v) is 5.88. The number of hydrogen-bond donors (Lipinski definition) is 1. The van der Waals surface area contributed by atoms with Crippen LogP contribution in [0.25, 0.3) is 0 Å². The van der Waals surface area contributed by atoms with E-state index in [2.05, 4.69) is 38.3 Å². The van der Waals surface area contributed by atoms with Crippen LogP contribution in [0, 0.1) is 0 Å². The maximum atomic E-state index is 5.54. The zero-order valence-electron chi connectivity index (χ0n) is 9.20. The second kappa shape index (κ2) is 6.57. The van der Waals surface area contributed by atoms with E-state index in [1.165, 1.54) is 12.0 Å². The first kappa shape index (κ1) is 12.2. The van der Waals surface area contributed by atoms with Crippen LogP contribution in [0.3, 0.4) is 0 Å². The fraction of sp³-hybridized carbons (Fsp3) is 0.385. The number of rotatable bonds is 6. The molecule has 0 aliphatic rings. The van der Waals surface area contributed by atoms with Gasteiger partial charge in [0, 0.05) is 5.75 Å². The van der Waals surface area contributed by atoms with Gasteiger partial charge in [0.1, 0.15) is 12.4 Å². The summed E-state index contributed by atoms with van der Waals surface area (Å²) < 4.78 is 5.54.